The summed E-state index contributed by atoms with van der Waals surface area (Å²) < 4.78 is 53.2. The van der Waals surface area contributed by atoms with Crippen LogP contribution in [0.5, 0.6) is 0 Å². The summed E-state index contributed by atoms with van der Waals surface area (Å²) in [6, 6.07) is 9.21. The van der Waals surface area contributed by atoms with Crippen molar-refractivity contribution in [3.8, 4) is 0 Å². The van der Waals surface area contributed by atoms with Gasteiger partial charge < -0.3 is 0 Å². The molecule has 0 spiro atoms. The van der Waals surface area contributed by atoms with E-state index in [2.05, 4.69) is 0 Å². The van der Waals surface area contributed by atoms with Gasteiger partial charge in [0.25, 0.3) is 11.4 Å². The van der Waals surface area contributed by atoms with Gasteiger partial charge in [-0.3, -0.25) is 20.2 Å². The number of nitro groups is 2. The standard InChI is InChI=1S/C16H16N4O8S2/c21-19(22)13-3-1-5-15(11-13)29(25,26)17-7-9-18(10-8-17)30(27,28)16-6-2-4-14(12-16)20(23)24/h1-6,11-12H,7-10H2. The average molecular weight is 456 g/mol. The molecule has 0 amide bonds. The van der Waals surface area contributed by atoms with Gasteiger partial charge in [-0.2, -0.15) is 8.61 Å². The maximum Gasteiger partial charge on any atom is 0.270 e. The van der Waals surface area contributed by atoms with Crippen LogP contribution in [0.4, 0.5) is 11.4 Å². The second-order valence-corrected chi connectivity index (χ2v) is 10.2. The molecule has 1 aliphatic heterocycles. The fraction of sp³-hybridized carbons (Fsp3) is 0.250. The molecule has 0 unspecified atom stereocenters. The number of piperazine rings is 1. The van der Waals surface area contributed by atoms with Crippen molar-refractivity contribution in [1.82, 2.24) is 8.61 Å². The van der Waals surface area contributed by atoms with Crippen molar-refractivity contribution < 1.29 is 26.7 Å². The topological polar surface area (TPSA) is 161 Å². The molecule has 30 heavy (non-hydrogen) atoms. The van der Waals surface area contributed by atoms with Crippen molar-refractivity contribution in [2.75, 3.05) is 26.2 Å². The fourth-order valence-corrected chi connectivity index (χ4v) is 5.89. The molecule has 0 aromatic heterocycles. The lowest BCUT2D eigenvalue weighted by molar-refractivity contribution is -0.385. The Morgan fingerprint density at radius 1 is 0.667 bits per heavy atom. The van der Waals surface area contributed by atoms with Crippen molar-refractivity contribution in [2.45, 2.75) is 9.79 Å². The van der Waals surface area contributed by atoms with Gasteiger partial charge in [0, 0.05) is 50.4 Å². The summed E-state index contributed by atoms with van der Waals surface area (Å²) >= 11 is 0. The van der Waals surface area contributed by atoms with E-state index in [9.17, 15) is 37.1 Å². The highest BCUT2D eigenvalue weighted by Gasteiger charge is 2.34. The van der Waals surface area contributed by atoms with Gasteiger partial charge in [0.05, 0.1) is 19.6 Å². The van der Waals surface area contributed by atoms with Gasteiger partial charge in [-0.05, 0) is 12.1 Å². The maximum absolute atomic E-state index is 12.8. The second kappa shape index (κ2) is 8.06. The maximum atomic E-state index is 12.8. The highest BCUT2D eigenvalue weighted by atomic mass is 32.2. The molecule has 0 saturated carbocycles. The van der Waals surface area contributed by atoms with Crippen molar-refractivity contribution in [3.63, 3.8) is 0 Å². The lowest BCUT2D eigenvalue weighted by Gasteiger charge is -2.33. The van der Waals surface area contributed by atoms with Gasteiger partial charge >= 0.3 is 0 Å². The van der Waals surface area contributed by atoms with Crippen molar-refractivity contribution >= 4 is 31.4 Å². The van der Waals surface area contributed by atoms with E-state index in [1.165, 1.54) is 36.4 Å². The van der Waals surface area contributed by atoms with Crippen LogP contribution in [0.1, 0.15) is 0 Å². The van der Waals surface area contributed by atoms with Crippen LogP contribution in [0, 0.1) is 20.2 Å². The number of benzene rings is 2. The minimum Gasteiger partial charge on any atom is -0.258 e. The number of non-ortho nitro benzene ring substituents is 2. The molecular formula is C16H16N4O8S2. The van der Waals surface area contributed by atoms with E-state index in [0.29, 0.717) is 0 Å². The molecule has 160 valence electrons. The summed E-state index contributed by atoms with van der Waals surface area (Å²) in [7, 11) is -8.10. The third-order valence-corrected chi connectivity index (χ3v) is 8.32. The molecule has 1 aliphatic rings. The van der Waals surface area contributed by atoms with Crippen LogP contribution in [0.15, 0.2) is 58.3 Å². The zero-order valence-electron chi connectivity index (χ0n) is 15.3. The average Bonchev–Trinajstić information content (AvgIpc) is 2.74. The molecule has 0 bridgehead atoms. The van der Waals surface area contributed by atoms with Gasteiger partial charge in [-0.15, -0.1) is 0 Å². The number of rotatable bonds is 6. The summed E-state index contributed by atoms with van der Waals surface area (Å²) in [5.74, 6) is 0. The van der Waals surface area contributed by atoms with Crippen LogP contribution in [-0.4, -0.2) is 61.5 Å². The molecule has 2 aromatic rings. The van der Waals surface area contributed by atoms with Gasteiger partial charge in [0.15, 0.2) is 0 Å². The van der Waals surface area contributed by atoms with Gasteiger partial charge in [-0.25, -0.2) is 16.8 Å². The second-order valence-electron chi connectivity index (χ2n) is 6.32. The summed E-state index contributed by atoms with van der Waals surface area (Å²) in [6.45, 7) is -0.670. The fourth-order valence-electron chi connectivity index (χ4n) is 2.96. The van der Waals surface area contributed by atoms with Crippen LogP contribution < -0.4 is 0 Å². The molecule has 12 nitrogen and oxygen atoms in total. The van der Waals surface area contributed by atoms with Crippen LogP contribution in [0.2, 0.25) is 0 Å². The highest BCUT2D eigenvalue weighted by molar-refractivity contribution is 7.89. The van der Waals surface area contributed by atoms with Crippen LogP contribution in [0.3, 0.4) is 0 Å². The third-order valence-electron chi connectivity index (χ3n) is 4.53. The van der Waals surface area contributed by atoms with Crippen LogP contribution in [-0.2, 0) is 20.0 Å². The largest absolute Gasteiger partial charge is 0.270 e. The number of nitro benzene ring substituents is 2. The Balaban J connectivity index is 1.78. The van der Waals surface area contributed by atoms with E-state index < -0.39 is 29.9 Å². The van der Waals surface area contributed by atoms with Crippen molar-refractivity contribution in [3.05, 3.63) is 68.8 Å². The van der Waals surface area contributed by atoms with Crippen LogP contribution in [0.25, 0.3) is 0 Å². The minimum absolute atomic E-state index is 0.167. The Morgan fingerprint density at radius 3 is 1.30 bits per heavy atom. The first-order chi connectivity index (χ1) is 14.0. The third kappa shape index (κ3) is 4.16. The quantitative estimate of drug-likeness (QED) is 0.463. The number of hydrogen-bond donors (Lipinski definition) is 0. The van der Waals surface area contributed by atoms with Gasteiger partial charge in [0.2, 0.25) is 20.0 Å². The van der Waals surface area contributed by atoms with E-state index in [4.69, 9.17) is 0 Å². The first kappa shape index (κ1) is 21.8. The van der Waals surface area contributed by atoms with Crippen LogP contribution >= 0.6 is 0 Å². The molecule has 3 rings (SSSR count). The monoisotopic (exact) mass is 456 g/mol. The number of sulfonamides is 2. The first-order valence-electron chi connectivity index (χ1n) is 8.53. The smallest absolute Gasteiger partial charge is 0.258 e. The van der Waals surface area contributed by atoms with E-state index in [1.807, 2.05) is 0 Å². The predicted molar refractivity (Wildman–Crippen MR) is 104 cm³/mol. The molecular weight excluding hydrogens is 440 g/mol. The molecule has 0 aliphatic carbocycles. The number of hydrogen-bond acceptors (Lipinski definition) is 8. The molecule has 0 radical (unpaired) electrons. The van der Waals surface area contributed by atoms with Gasteiger partial charge in [0.1, 0.15) is 0 Å². The highest BCUT2D eigenvalue weighted by Crippen LogP contribution is 2.25. The molecule has 1 saturated heterocycles. The molecule has 0 atom stereocenters. The first-order valence-corrected chi connectivity index (χ1v) is 11.4. The zero-order valence-corrected chi connectivity index (χ0v) is 17.0. The Kier molecular flexibility index (Phi) is 5.85. The summed E-state index contributed by atoms with van der Waals surface area (Å²) in [6.07, 6.45) is 0. The van der Waals surface area contributed by atoms with Crippen molar-refractivity contribution in [2.24, 2.45) is 0 Å². The van der Waals surface area contributed by atoms with E-state index in [1.54, 1.807) is 0 Å². The Morgan fingerprint density at radius 2 is 1.00 bits per heavy atom. The van der Waals surface area contributed by atoms with E-state index >= 15 is 0 Å². The van der Waals surface area contributed by atoms with Gasteiger partial charge in [-0.1, -0.05) is 12.1 Å². The molecule has 1 fully saturated rings. The normalized spacial score (nSPS) is 16.3. The van der Waals surface area contributed by atoms with E-state index in [-0.39, 0.29) is 47.3 Å². The Labute approximate surface area is 171 Å². The minimum atomic E-state index is -4.05. The lowest BCUT2D eigenvalue weighted by atomic mass is 10.3. The lowest BCUT2D eigenvalue weighted by Crippen LogP contribution is -2.50. The summed E-state index contributed by atoms with van der Waals surface area (Å²) in [5, 5.41) is 21.8. The van der Waals surface area contributed by atoms with E-state index in [0.717, 1.165) is 20.7 Å². The molecule has 1 heterocycles. The van der Waals surface area contributed by atoms with Crippen molar-refractivity contribution in [1.29, 1.82) is 0 Å². The summed E-state index contributed by atoms with van der Waals surface area (Å²) in [5.41, 5.74) is -0.745. The summed E-state index contributed by atoms with van der Waals surface area (Å²) in [4.78, 5) is 19.9. The predicted octanol–water partition coefficient (Wildman–Crippen LogP) is 1.20. The number of nitrogens with zero attached hydrogens (tertiary/aromatic N) is 4. The molecule has 0 N–H and O–H groups in total. The molecule has 2 aromatic carbocycles. The Bertz CT molecular complexity index is 1110. The molecule has 14 heteroatoms. The SMILES string of the molecule is O=[N+]([O-])c1cccc(S(=O)(=O)N2CCN(S(=O)(=O)c3cccc([N+](=O)[O-])c3)CC2)c1. The Hall–Kier alpha value is -2.94. The zero-order chi connectivity index (χ0) is 22.1.